The zero-order valence-electron chi connectivity index (χ0n) is 10.0. The number of carboxylic acids is 1. The van der Waals surface area contributed by atoms with Crippen molar-refractivity contribution in [2.24, 2.45) is 17.3 Å². The number of hydrogen-bond donors (Lipinski definition) is 3. The molecule has 2 saturated carbocycles. The summed E-state index contributed by atoms with van der Waals surface area (Å²) in [6.45, 7) is 2.06. The summed E-state index contributed by atoms with van der Waals surface area (Å²) in [4.78, 5) is 10.6. The molecule has 2 aliphatic rings. The molecule has 0 unspecified atom stereocenters. The fourth-order valence-electron chi connectivity index (χ4n) is 3.60. The molecule has 96 valence electrons. The van der Waals surface area contributed by atoms with E-state index in [1.807, 2.05) is 0 Å². The van der Waals surface area contributed by atoms with Crippen LogP contribution >= 0.6 is 0 Å². The number of aliphatic hydroxyl groups excluding tert-OH is 2. The van der Waals surface area contributed by atoms with Gasteiger partial charge in [-0.25, -0.2) is 4.79 Å². The largest absolute Gasteiger partial charge is 0.478 e. The Hall–Kier alpha value is -0.870. The molecular weight excluding hydrogens is 220 g/mol. The first-order valence-electron chi connectivity index (χ1n) is 6.22. The van der Waals surface area contributed by atoms with E-state index in [4.69, 9.17) is 5.11 Å². The second-order valence-electron chi connectivity index (χ2n) is 5.59. The van der Waals surface area contributed by atoms with Crippen LogP contribution in [-0.2, 0) is 4.79 Å². The Bertz CT molecular complexity index is 338. The molecule has 0 heterocycles. The maximum atomic E-state index is 10.6. The lowest BCUT2D eigenvalue weighted by Gasteiger charge is -2.44. The van der Waals surface area contributed by atoms with Crippen molar-refractivity contribution < 1.29 is 20.1 Å². The van der Waals surface area contributed by atoms with Crippen LogP contribution in [-0.4, -0.2) is 33.5 Å². The first kappa shape index (κ1) is 12.6. The minimum atomic E-state index is -0.983. The standard InChI is InChI=1S/C13H20O4/c1-13-7-6-10(14)8(2-5-12(16)17)9(13)3-4-11(13)15/h2,5,8-11,14-15H,3-4,6-7H2,1H3,(H,16,17)/b5-2+/t8-,9-,10+,11-,13-/m0/s1. The van der Waals surface area contributed by atoms with Gasteiger partial charge in [-0.2, -0.15) is 0 Å². The molecule has 0 amide bonds. The molecule has 0 aromatic heterocycles. The van der Waals surface area contributed by atoms with Crippen molar-refractivity contribution in [3.05, 3.63) is 12.2 Å². The van der Waals surface area contributed by atoms with Gasteiger partial charge in [0, 0.05) is 12.0 Å². The smallest absolute Gasteiger partial charge is 0.327 e. The lowest BCUT2D eigenvalue weighted by atomic mass is 9.62. The Balaban J connectivity index is 2.21. The molecule has 2 rings (SSSR count). The third kappa shape index (κ3) is 2.11. The lowest BCUT2D eigenvalue weighted by Crippen LogP contribution is -2.44. The van der Waals surface area contributed by atoms with E-state index in [0.29, 0.717) is 6.42 Å². The monoisotopic (exact) mass is 240 g/mol. The number of rotatable bonds is 2. The third-order valence-corrected chi connectivity index (χ3v) is 4.71. The molecular formula is C13H20O4. The summed E-state index contributed by atoms with van der Waals surface area (Å²) in [6, 6.07) is 0. The number of fused-ring (bicyclic) bond motifs is 1. The maximum absolute atomic E-state index is 10.6. The first-order valence-corrected chi connectivity index (χ1v) is 6.22. The molecule has 0 spiro atoms. The van der Waals surface area contributed by atoms with Gasteiger partial charge >= 0.3 is 5.97 Å². The summed E-state index contributed by atoms with van der Waals surface area (Å²) in [5.41, 5.74) is -0.160. The number of aliphatic carboxylic acids is 1. The summed E-state index contributed by atoms with van der Waals surface area (Å²) >= 11 is 0. The topological polar surface area (TPSA) is 77.8 Å². The molecule has 2 fully saturated rings. The van der Waals surface area contributed by atoms with Crippen LogP contribution in [0, 0.1) is 17.3 Å². The number of hydrogen-bond acceptors (Lipinski definition) is 3. The van der Waals surface area contributed by atoms with E-state index >= 15 is 0 Å². The molecule has 0 aliphatic heterocycles. The van der Waals surface area contributed by atoms with Gasteiger partial charge in [0.15, 0.2) is 0 Å². The van der Waals surface area contributed by atoms with Crippen molar-refractivity contribution in [2.45, 2.75) is 44.8 Å². The Kier molecular flexibility index (Phi) is 3.27. The van der Waals surface area contributed by atoms with Crippen LogP contribution in [0.2, 0.25) is 0 Å². The lowest BCUT2D eigenvalue weighted by molar-refractivity contribution is -0.131. The van der Waals surface area contributed by atoms with Gasteiger partial charge in [0.1, 0.15) is 0 Å². The van der Waals surface area contributed by atoms with Crippen molar-refractivity contribution in [1.82, 2.24) is 0 Å². The normalized spacial score (nSPS) is 46.1. The molecule has 5 atom stereocenters. The predicted molar refractivity (Wildman–Crippen MR) is 62.3 cm³/mol. The first-order chi connectivity index (χ1) is 7.95. The summed E-state index contributed by atoms with van der Waals surface area (Å²) in [7, 11) is 0. The molecule has 0 radical (unpaired) electrons. The van der Waals surface area contributed by atoms with Crippen molar-refractivity contribution in [3.63, 3.8) is 0 Å². The van der Waals surface area contributed by atoms with Crippen LogP contribution in [0.1, 0.15) is 32.6 Å². The summed E-state index contributed by atoms with van der Waals surface area (Å²) in [5, 5.41) is 28.7. The highest BCUT2D eigenvalue weighted by Gasteiger charge is 2.52. The molecule has 3 N–H and O–H groups in total. The quantitative estimate of drug-likeness (QED) is 0.633. The highest BCUT2D eigenvalue weighted by Crippen LogP contribution is 2.54. The molecule has 4 nitrogen and oxygen atoms in total. The molecule has 2 aliphatic carbocycles. The van der Waals surface area contributed by atoms with Crippen molar-refractivity contribution >= 4 is 5.97 Å². The zero-order valence-corrected chi connectivity index (χ0v) is 10.0. The molecule has 0 aromatic carbocycles. The molecule has 0 bridgehead atoms. The predicted octanol–water partition coefficient (Wildman–Crippen LogP) is 1.18. The van der Waals surface area contributed by atoms with Gasteiger partial charge in [-0.3, -0.25) is 0 Å². The van der Waals surface area contributed by atoms with Gasteiger partial charge in [0.2, 0.25) is 0 Å². The van der Waals surface area contributed by atoms with E-state index in [2.05, 4.69) is 6.92 Å². The second-order valence-corrected chi connectivity index (χ2v) is 5.59. The minimum Gasteiger partial charge on any atom is -0.478 e. The van der Waals surface area contributed by atoms with Gasteiger partial charge in [0.25, 0.3) is 0 Å². The van der Waals surface area contributed by atoms with E-state index in [1.165, 1.54) is 0 Å². The molecule has 0 aromatic rings. The van der Waals surface area contributed by atoms with Crippen LogP contribution in [0.5, 0.6) is 0 Å². The van der Waals surface area contributed by atoms with Gasteiger partial charge in [0.05, 0.1) is 12.2 Å². The van der Waals surface area contributed by atoms with E-state index in [0.717, 1.165) is 25.3 Å². The molecule has 0 saturated heterocycles. The van der Waals surface area contributed by atoms with Gasteiger partial charge in [-0.05, 0) is 37.0 Å². The van der Waals surface area contributed by atoms with Gasteiger partial charge in [-0.1, -0.05) is 13.0 Å². The highest BCUT2D eigenvalue weighted by molar-refractivity contribution is 5.79. The highest BCUT2D eigenvalue weighted by atomic mass is 16.4. The van der Waals surface area contributed by atoms with E-state index in [9.17, 15) is 15.0 Å². The van der Waals surface area contributed by atoms with Crippen molar-refractivity contribution in [3.8, 4) is 0 Å². The van der Waals surface area contributed by atoms with Crippen molar-refractivity contribution in [2.75, 3.05) is 0 Å². The second kappa shape index (κ2) is 4.42. The molecule has 17 heavy (non-hydrogen) atoms. The van der Waals surface area contributed by atoms with Crippen LogP contribution in [0.3, 0.4) is 0 Å². The van der Waals surface area contributed by atoms with Crippen LogP contribution in [0.25, 0.3) is 0 Å². The SMILES string of the molecule is C[C@]12CC[C@@H](O)[C@@H](/C=C/C(=O)O)[C@@H]1CC[C@@H]2O. The average molecular weight is 240 g/mol. The van der Waals surface area contributed by atoms with Crippen LogP contribution < -0.4 is 0 Å². The van der Waals surface area contributed by atoms with Crippen LogP contribution in [0.15, 0.2) is 12.2 Å². The molecule has 4 heteroatoms. The van der Waals surface area contributed by atoms with Crippen molar-refractivity contribution in [1.29, 1.82) is 0 Å². The Morgan fingerprint density at radius 2 is 2.00 bits per heavy atom. The van der Waals surface area contributed by atoms with E-state index in [1.54, 1.807) is 6.08 Å². The summed E-state index contributed by atoms with van der Waals surface area (Å²) in [5.74, 6) is -0.929. The van der Waals surface area contributed by atoms with E-state index in [-0.39, 0.29) is 23.4 Å². The summed E-state index contributed by atoms with van der Waals surface area (Å²) < 4.78 is 0. The minimum absolute atomic E-state index is 0.137. The van der Waals surface area contributed by atoms with E-state index < -0.39 is 12.1 Å². The Morgan fingerprint density at radius 3 is 2.65 bits per heavy atom. The summed E-state index contributed by atoms with van der Waals surface area (Å²) in [6.07, 6.45) is 5.00. The van der Waals surface area contributed by atoms with Crippen LogP contribution in [0.4, 0.5) is 0 Å². The third-order valence-electron chi connectivity index (χ3n) is 4.71. The maximum Gasteiger partial charge on any atom is 0.327 e. The number of carbonyl (C=O) groups is 1. The average Bonchev–Trinajstić information content (AvgIpc) is 2.55. The number of aliphatic hydroxyl groups is 2. The fraction of sp³-hybridized carbons (Fsp3) is 0.769. The van der Waals surface area contributed by atoms with Gasteiger partial charge < -0.3 is 15.3 Å². The zero-order chi connectivity index (χ0) is 12.6. The fourth-order valence-corrected chi connectivity index (χ4v) is 3.60. The van der Waals surface area contributed by atoms with Gasteiger partial charge in [-0.15, -0.1) is 0 Å². The Labute approximate surface area is 101 Å². The number of carboxylic acid groups (broad SMARTS) is 1. The Morgan fingerprint density at radius 1 is 1.29 bits per heavy atom.